The van der Waals surface area contributed by atoms with Crippen LogP contribution in [0.2, 0.25) is 0 Å². The van der Waals surface area contributed by atoms with E-state index in [4.69, 9.17) is 4.74 Å². The van der Waals surface area contributed by atoms with Gasteiger partial charge >= 0.3 is 0 Å². The number of fused-ring (bicyclic) bond motifs is 1. The first-order valence-electron chi connectivity index (χ1n) is 9.01. The lowest BCUT2D eigenvalue weighted by molar-refractivity contribution is -0.134. The molecule has 0 unspecified atom stereocenters. The molecule has 29 heavy (non-hydrogen) atoms. The largest absolute Gasteiger partial charge is 0.484 e. The second-order valence-electron chi connectivity index (χ2n) is 6.54. The maximum absolute atomic E-state index is 12.6. The van der Waals surface area contributed by atoms with E-state index in [9.17, 15) is 13.2 Å². The topological polar surface area (TPSA) is 88.6 Å². The summed E-state index contributed by atoms with van der Waals surface area (Å²) in [6, 6.07) is 14.2. The van der Waals surface area contributed by atoms with Gasteiger partial charge in [0, 0.05) is 24.7 Å². The number of anilines is 1. The van der Waals surface area contributed by atoms with Crippen molar-refractivity contribution in [3.05, 3.63) is 71.2 Å². The number of amides is 1. The number of hydrogen-bond donors (Lipinski definition) is 1. The van der Waals surface area contributed by atoms with Gasteiger partial charge < -0.3 is 9.64 Å². The van der Waals surface area contributed by atoms with Crippen LogP contribution in [-0.4, -0.2) is 37.4 Å². The van der Waals surface area contributed by atoms with Crippen LogP contribution in [-0.2, 0) is 27.8 Å². The van der Waals surface area contributed by atoms with Gasteiger partial charge in [-0.15, -0.1) is 11.3 Å². The summed E-state index contributed by atoms with van der Waals surface area (Å²) in [4.78, 5) is 18.3. The zero-order valence-corrected chi connectivity index (χ0v) is 17.1. The van der Waals surface area contributed by atoms with Crippen LogP contribution >= 0.6 is 11.3 Å². The number of nitrogens with one attached hydrogen (secondary N) is 1. The summed E-state index contributed by atoms with van der Waals surface area (Å²) in [5.41, 5.74) is 1.87. The third-order valence-corrected chi connectivity index (χ3v) is 6.77. The maximum Gasteiger partial charge on any atom is 0.263 e. The molecule has 9 heteroatoms. The van der Waals surface area contributed by atoms with Gasteiger partial charge in [-0.3, -0.25) is 9.52 Å². The third kappa shape index (κ3) is 4.57. The van der Waals surface area contributed by atoms with Crippen molar-refractivity contribution in [2.24, 2.45) is 0 Å². The predicted molar refractivity (Wildman–Crippen MR) is 110 cm³/mol. The van der Waals surface area contributed by atoms with Gasteiger partial charge in [0.05, 0.1) is 4.90 Å². The SMILES string of the molecule is O=C(COc1ccccc1)N1CCc2ccc(S(=O)(=O)Nc3nccs3)cc2C1. The fraction of sp³-hybridized carbons (Fsp3) is 0.200. The lowest BCUT2D eigenvalue weighted by atomic mass is 10.00. The van der Waals surface area contributed by atoms with Crippen molar-refractivity contribution in [1.29, 1.82) is 0 Å². The van der Waals surface area contributed by atoms with E-state index in [1.807, 2.05) is 24.3 Å². The lowest BCUT2D eigenvalue weighted by Crippen LogP contribution is -2.39. The van der Waals surface area contributed by atoms with Gasteiger partial charge in [0.25, 0.3) is 15.9 Å². The van der Waals surface area contributed by atoms with E-state index < -0.39 is 10.0 Å². The van der Waals surface area contributed by atoms with Crippen LogP contribution < -0.4 is 9.46 Å². The summed E-state index contributed by atoms with van der Waals surface area (Å²) in [6.45, 7) is 0.878. The number of ether oxygens (including phenoxy) is 1. The highest BCUT2D eigenvalue weighted by atomic mass is 32.2. The number of carbonyl (C=O) groups excluding carboxylic acids is 1. The van der Waals surface area contributed by atoms with E-state index in [0.29, 0.717) is 30.4 Å². The van der Waals surface area contributed by atoms with Crippen LogP contribution in [0, 0.1) is 0 Å². The highest BCUT2D eigenvalue weighted by molar-refractivity contribution is 7.93. The van der Waals surface area contributed by atoms with Gasteiger partial charge in [0.15, 0.2) is 11.7 Å². The number of carbonyl (C=O) groups is 1. The van der Waals surface area contributed by atoms with Gasteiger partial charge in [0.2, 0.25) is 0 Å². The summed E-state index contributed by atoms with van der Waals surface area (Å²) in [6.07, 6.45) is 2.21. The summed E-state index contributed by atoms with van der Waals surface area (Å²) in [5, 5.41) is 2.02. The zero-order valence-electron chi connectivity index (χ0n) is 15.4. The molecule has 7 nitrogen and oxygen atoms in total. The Kier molecular flexibility index (Phi) is 5.50. The third-order valence-electron chi connectivity index (χ3n) is 4.61. The molecule has 1 aliphatic rings. The normalized spacial score (nSPS) is 13.6. The summed E-state index contributed by atoms with van der Waals surface area (Å²) < 4.78 is 33.2. The Balaban J connectivity index is 1.45. The first-order chi connectivity index (χ1) is 14.0. The van der Waals surface area contributed by atoms with Crippen molar-refractivity contribution in [2.45, 2.75) is 17.9 Å². The number of thiazole rings is 1. The average molecular weight is 430 g/mol. The maximum atomic E-state index is 12.6. The molecule has 1 aromatic heterocycles. The van der Waals surface area contributed by atoms with E-state index in [2.05, 4.69) is 9.71 Å². The molecule has 150 valence electrons. The number of sulfonamides is 1. The lowest BCUT2D eigenvalue weighted by Gasteiger charge is -2.29. The molecule has 0 radical (unpaired) electrons. The molecular formula is C20H19N3O4S2. The first kappa shape index (κ1) is 19.4. The molecule has 0 fully saturated rings. The van der Waals surface area contributed by atoms with Crippen molar-refractivity contribution in [2.75, 3.05) is 17.9 Å². The van der Waals surface area contributed by atoms with Crippen molar-refractivity contribution >= 4 is 32.4 Å². The molecule has 2 aromatic carbocycles. The number of nitrogens with zero attached hydrogens (tertiary/aromatic N) is 2. The van der Waals surface area contributed by atoms with Crippen LogP contribution in [0.4, 0.5) is 5.13 Å². The van der Waals surface area contributed by atoms with E-state index >= 15 is 0 Å². The van der Waals surface area contributed by atoms with Crippen molar-refractivity contribution in [3.8, 4) is 5.75 Å². The van der Waals surface area contributed by atoms with Crippen molar-refractivity contribution < 1.29 is 17.9 Å². The van der Waals surface area contributed by atoms with Crippen molar-refractivity contribution in [1.82, 2.24) is 9.88 Å². The highest BCUT2D eigenvalue weighted by Crippen LogP contribution is 2.25. The monoisotopic (exact) mass is 429 g/mol. The molecular weight excluding hydrogens is 410 g/mol. The Labute approximate surface area is 173 Å². The van der Waals surface area contributed by atoms with E-state index in [0.717, 1.165) is 11.1 Å². The van der Waals surface area contributed by atoms with Crippen LogP contribution in [0.3, 0.4) is 0 Å². The molecule has 1 amide bonds. The zero-order chi connectivity index (χ0) is 20.3. The van der Waals surface area contributed by atoms with Gasteiger partial charge in [-0.05, 0) is 41.8 Å². The molecule has 0 saturated carbocycles. The van der Waals surface area contributed by atoms with Gasteiger partial charge in [0.1, 0.15) is 5.75 Å². The molecule has 3 aromatic rings. The smallest absolute Gasteiger partial charge is 0.263 e. The number of aromatic nitrogens is 1. The average Bonchev–Trinajstić information content (AvgIpc) is 3.24. The van der Waals surface area contributed by atoms with E-state index in [-0.39, 0.29) is 17.4 Å². The fourth-order valence-corrected chi connectivity index (χ4v) is 4.95. The minimum atomic E-state index is -3.73. The van der Waals surface area contributed by atoms with E-state index in [1.54, 1.807) is 34.5 Å². The van der Waals surface area contributed by atoms with Gasteiger partial charge in [-0.2, -0.15) is 0 Å². The minimum absolute atomic E-state index is 0.0526. The molecule has 0 bridgehead atoms. The molecule has 1 N–H and O–H groups in total. The fourth-order valence-electron chi connectivity index (χ4n) is 3.11. The Morgan fingerprint density at radius 1 is 1.17 bits per heavy atom. The predicted octanol–water partition coefficient (Wildman–Crippen LogP) is 2.91. The highest BCUT2D eigenvalue weighted by Gasteiger charge is 2.24. The van der Waals surface area contributed by atoms with Crippen LogP contribution in [0.1, 0.15) is 11.1 Å². The van der Waals surface area contributed by atoms with Crippen LogP contribution in [0.25, 0.3) is 0 Å². The number of benzene rings is 2. The van der Waals surface area contributed by atoms with E-state index in [1.165, 1.54) is 17.5 Å². The number of para-hydroxylation sites is 1. The summed E-state index contributed by atoms with van der Waals surface area (Å²) in [7, 11) is -3.73. The van der Waals surface area contributed by atoms with Crippen LogP contribution in [0.5, 0.6) is 5.75 Å². The quantitative estimate of drug-likeness (QED) is 0.651. The Morgan fingerprint density at radius 3 is 2.76 bits per heavy atom. The molecule has 0 saturated heterocycles. The Hall–Kier alpha value is -2.91. The Bertz CT molecular complexity index is 1100. The van der Waals surface area contributed by atoms with Gasteiger partial charge in [-0.1, -0.05) is 24.3 Å². The first-order valence-corrected chi connectivity index (χ1v) is 11.4. The Morgan fingerprint density at radius 2 is 2.00 bits per heavy atom. The molecule has 0 spiro atoms. The molecule has 1 aliphatic heterocycles. The molecule has 0 atom stereocenters. The standard InChI is InChI=1S/C20H19N3O4S2/c24-19(14-27-17-4-2-1-3-5-17)23-10-8-15-6-7-18(12-16(15)13-23)29(25,26)22-20-21-9-11-28-20/h1-7,9,11-12H,8,10,13-14H2,(H,21,22). The number of hydrogen-bond acceptors (Lipinski definition) is 6. The second kappa shape index (κ2) is 8.22. The molecule has 2 heterocycles. The second-order valence-corrected chi connectivity index (χ2v) is 9.12. The molecule has 0 aliphatic carbocycles. The molecule has 4 rings (SSSR count). The summed E-state index contributed by atoms with van der Waals surface area (Å²) >= 11 is 1.21. The van der Waals surface area contributed by atoms with Crippen molar-refractivity contribution in [3.63, 3.8) is 0 Å². The van der Waals surface area contributed by atoms with Gasteiger partial charge in [-0.25, -0.2) is 13.4 Å². The summed E-state index contributed by atoms with van der Waals surface area (Å²) in [5.74, 6) is 0.508. The number of rotatable bonds is 6. The van der Waals surface area contributed by atoms with Crippen LogP contribution in [0.15, 0.2) is 65.0 Å². The minimum Gasteiger partial charge on any atom is -0.484 e.